The number of carboxylic acid groups (broad SMARTS) is 1. The smallest absolute Gasteiger partial charge is 0.310 e. The maximum atomic E-state index is 12.6. The predicted octanol–water partition coefficient (Wildman–Crippen LogP) is 1.32. The first kappa shape index (κ1) is 13.6. The fraction of sp³-hybridized carbons (Fsp3) is 0.0714. The summed E-state index contributed by atoms with van der Waals surface area (Å²) in [5.74, 6) is -1.01. The average Bonchev–Trinajstić information content (AvgIpc) is 3.11. The second-order valence-corrected chi connectivity index (χ2v) is 5.90. The SMILES string of the molecule is O=C(O)Cc1nn2c(=O)c(-c3c[nH]c4ccccc34)nnc2s1. The van der Waals surface area contributed by atoms with Gasteiger partial charge >= 0.3 is 11.5 Å². The highest BCUT2D eigenvalue weighted by molar-refractivity contribution is 7.16. The van der Waals surface area contributed by atoms with E-state index < -0.39 is 11.5 Å². The van der Waals surface area contributed by atoms with Gasteiger partial charge in [-0.1, -0.05) is 29.5 Å². The molecule has 23 heavy (non-hydrogen) atoms. The van der Waals surface area contributed by atoms with Crippen LogP contribution in [-0.4, -0.2) is 35.9 Å². The van der Waals surface area contributed by atoms with Gasteiger partial charge < -0.3 is 10.1 Å². The van der Waals surface area contributed by atoms with Gasteiger partial charge in [-0.3, -0.25) is 9.59 Å². The molecule has 4 aromatic rings. The standard InChI is InChI=1S/C14H9N5O3S/c20-11(21)5-10-18-19-13(22)12(16-17-14(19)23-10)8-6-15-9-4-2-1-3-7(8)9/h1-4,6,15H,5H2,(H,20,21). The third-order valence-electron chi connectivity index (χ3n) is 3.38. The molecule has 0 saturated carbocycles. The number of benzene rings is 1. The first-order valence-electron chi connectivity index (χ1n) is 6.67. The minimum atomic E-state index is -1.01. The molecule has 0 spiro atoms. The molecule has 4 rings (SSSR count). The van der Waals surface area contributed by atoms with Crippen molar-refractivity contribution in [2.24, 2.45) is 0 Å². The Bertz CT molecular complexity index is 1110. The zero-order valence-corrected chi connectivity index (χ0v) is 12.4. The molecule has 3 heterocycles. The summed E-state index contributed by atoms with van der Waals surface area (Å²) in [7, 11) is 0. The van der Waals surface area contributed by atoms with E-state index in [4.69, 9.17) is 5.11 Å². The first-order valence-corrected chi connectivity index (χ1v) is 7.49. The molecule has 0 aliphatic carbocycles. The van der Waals surface area contributed by atoms with E-state index in [9.17, 15) is 9.59 Å². The highest BCUT2D eigenvalue weighted by Gasteiger charge is 2.17. The Morgan fingerprint density at radius 1 is 1.30 bits per heavy atom. The van der Waals surface area contributed by atoms with Crippen LogP contribution in [0.3, 0.4) is 0 Å². The minimum absolute atomic E-state index is 0.173. The van der Waals surface area contributed by atoms with Gasteiger partial charge in [0, 0.05) is 22.7 Å². The molecule has 0 aliphatic heterocycles. The maximum Gasteiger partial charge on any atom is 0.310 e. The van der Waals surface area contributed by atoms with Crippen LogP contribution in [0.25, 0.3) is 27.1 Å². The van der Waals surface area contributed by atoms with Gasteiger partial charge in [0.1, 0.15) is 5.01 Å². The number of nitrogens with zero attached hydrogens (tertiary/aromatic N) is 4. The Hall–Kier alpha value is -3.07. The van der Waals surface area contributed by atoms with Crippen molar-refractivity contribution in [3.05, 3.63) is 45.8 Å². The lowest BCUT2D eigenvalue weighted by Crippen LogP contribution is -2.19. The molecule has 3 aromatic heterocycles. The van der Waals surface area contributed by atoms with Crippen LogP contribution >= 0.6 is 11.3 Å². The largest absolute Gasteiger partial charge is 0.481 e. The summed E-state index contributed by atoms with van der Waals surface area (Å²) in [5.41, 5.74) is 1.28. The second-order valence-electron chi connectivity index (χ2n) is 4.86. The summed E-state index contributed by atoms with van der Waals surface area (Å²) >= 11 is 1.04. The van der Waals surface area contributed by atoms with Crippen LogP contribution < -0.4 is 5.56 Å². The number of para-hydroxylation sites is 1. The number of carboxylic acids is 1. The number of fused-ring (bicyclic) bond motifs is 2. The molecule has 0 fully saturated rings. The number of aromatic nitrogens is 5. The van der Waals surface area contributed by atoms with Crippen molar-refractivity contribution in [3.63, 3.8) is 0 Å². The minimum Gasteiger partial charge on any atom is -0.481 e. The molecule has 0 unspecified atom stereocenters. The fourth-order valence-corrected chi connectivity index (χ4v) is 3.21. The maximum absolute atomic E-state index is 12.6. The number of hydrogen-bond acceptors (Lipinski definition) is 6. The molecular weight excluding hydrogens is 318 g/mol. The highest BCUT2D eigenvalue weighted by atomic mass is 32.1. The van der Waals surface area contributed by atoms with Crippen molar-refractivity contribution in [1.29, 1.82) is 0 Å². The monoisotopic (exact) mass is 327 g/mol. The molecule has 114 valence electrons. The summed E-state index contributed by atoms with van der Waals surface area (Å²) in [6, 6.07) is 7.55. The van der Waals surface area contributed by atoms with Crippen LogP contribution in [0.2, 0.25) is 0 Å². The number of aromatic amines is 1. The van der Waals surface area contributed by atoms with Crippen LogP contribution in [0.15, 0.2) is 35.3 Å². The molecule has 2 N–H and O–H groups in total. The lowest BCUT2D eigenvalue weighted by atomic mass is 10.1. The molecule has 9 heteroatoms. The van der Waals surface area contributed by atoms with Crippen LogP contribution in [0.4, 0.5) is 0 Å². The number of nitrogens with one attached hydrogen (secondary N) is 1. The van der Waals surface area contributed by atoms with Crippen molar-refractivity contribution in [2.45, 2.75) is 6.42 Å². The van der Waals surface area contributed by atoms with Crippen LogP contribution in [0, 0.1) is 0 Å². The van der Waals surface area contributed by atoms with Crippen LogP contribution in [0.1, 0.15) is 5.01 Å². The van der Waals surface area contributed by atoms with Gasteiger partial charge in [-0.25, -0.2) is 0 Å². The fourth-order valence-electron chi connectivity index (χ4n) is 2.39. The highest BCUT2D eigenvalue weighted by Crippen LogP contribution is 2.25. The number of hydrogen-bond donors (Lipinski definition) is 2. The molecule has 0 bridgehead atoms. The first-order chi connectivity index (χ1) is 11.1. The van der Waals surface area contributed by atoms with E-state index in [1.54, 1.807) is 6.20 Å². The van der Waals surface area contributed by atoms with Gasteiger partial charge in [0.2, 0.25) is 4.96 Å². The third-order valence-corrected chi connectivity index (χ3v) is 4.28. The summed E-state index contributed by atoms with van der Waals surface area (Å²) in [6.45, 7) is 0. The summed E-state index contributed by atoms with van der Waals surface area (Å²) in [5, 5.41) is 22.0. The molecule has 0 saturated heterocycles. The van der Waals surface area contributed by atoms with Crippen molar-refractivity contribution < 1.29 is 9.90 Å². The van der Waals surface area contributed by atoms with E-state index in [0.717, 1.165) is 26.8 Å². The summed E-state index contributed by atoms with van der Waals surface area (Å²) in [4.78, 5) is 26.7. The van der Waals surface area contributed by atoms with E-state index in [2.05, 4.69) is 20.3 Å². The average molecular weight is 327 g/mol. The second kappa shape index (κ2) is 4.99. The van der Waals surface area contributed by atoms with Crippen molar-refractivity contribution in [3.8, 4) is 11.3 Å². The molecule has 0 aliphatic rings. The lowest BCUT2D eigenvalue weighted by Gasteiger charge is -1.97. The molecule has 0 amide bonds. The lowest BCUT2D eigenvalue weighted by molar-refractivity contribution is -0.136. The van der Waals surface area contributed by atoms with E-state index in [-0.39, 0.29) is 17.1 Å². The Kier molecular flexibility index (Phi) is 2.95. The summed E-state index contributed by atoms with van der Waals surface area (Å²) in [6.07, 6.45) is 1.45. The number of aliphatic carboxylic acids is 1. The van der Waals surface area contributed by atoms with Crippen molar-refractivity contribution in [1.82, 2.24) is 24.8 Å². The van der Waals surface area contributed by atoms with Crippen molar-refractivity contribution >= 4 is 33.2 Å². The normalized spacial score (nSPS) is 11.3. The van der Waals surface area contributed by atoms with Gasteiger partial charge in [-0.2, -0.15) is 9.61 Å². The zero-order chi connectivity index (χ0) is 16.0. The molecule has 1 aromatic carbocycles. The van der Waals surface area contributed by atoms with E-state index in [0.29, 0.717) is 10.6 Å². The van der Waals surface area contributed by atoms with E-state index in [1.165, 1.54) is 0 Å². The zero-order valence-electron chi connectivity index (χ0n) is 11.6. The van der Waals surface area contributed by atoms with Gasteiger partial charge in [-0.05, 0) is 6.07 Å². The molecule has 0 atom stereocenters. The van der Waals surface area contributed by atoms with Gasteiger partial charge in [0.15, 0.2) is 5.69 Å². The summed E-state index contributed by atoms with van der Waals surface area (Å²) < 4.78 is 1.10. The van der Waals surface area contributed by atoms with Crippen LogP contribution in [0.5, 0.6) is 0 Å². The molecule has 8 nitrogen and oxygen atoms in total. The number of carbonyl (C=O) groups is 1. The quantitative estimate of drug-likeness (QED) is 0.587. The van der Waals surface area contributed by atoms with Gasteiger partial charge in [-0.15, -0.1) is 10.2 Å². The topological polar surface area (TPSA) is 113 Å². The Labute approximate surface area is 132 Å². The van der Waals surface area contributed by atoms with Crippen molar-refractivity contribution in [2.75, 3.05) is 0 Å². The van der Waals surface area contributed by atoms with Gasteiger partial charge in [0.05, 0.1) is 6.42 Å². The Morgan fingerprint density at radius 3 is 2.96 bits per heavy atom. The Morgan fingerprint density at radius 2 is 2.13 bits per heavy atom. The Balaban J connectivity index is 1.92. The van der Waals surface area contributed by atoms with Gasteiger partial charge in [0.25, 0.3) is 0 Å². The molecule has 0 radical (unpaired) electrons. The number of H-pyrrole nitrogens is 1. The van der Waals surface area contributed by atoms with E-state index >= 15 is 0 Å². The molecular formula is C14H9N5O3S. The van der Waals surface area contributed by atoms with E-state index in [1.807, 2.05) is 24.3 Å². The predicted molar refractivity (Wildman–Crippen MR) is 83.6 cm³/mol. The van der Waals surface area contributed by atoms with Crippen LogP contribution in [-0.2, 0) is 11.2 Å². The number of rotatable bonds is 3. The third kappa shape index (κ3) is 2.18.